The number of piperidine rings is 1. The van der Waals surface area contributed by atoms with Crippen LogP contribution in [0.5, 0.6) is 0 Å². The van der Waals surface area contributed by atoms with Gasteiger partial charge in [0.15, 0.2) is 9.84 Å². The van der Waals surface area contributed by atoms with Gasteiger partial charge in [0.05, 0.1) is 5.25 Å². The number of sulfone groups is 1. The summed E-state index contributed by atoms with van der Waals surface area (Å²) in [7, 11) is -3.24. The fourth-order valence-electron chi connectivity index (χ4n) is 2.79. The van der Waals surface area contributed by atoms with Crippen molar-refractivity contribution in [3.63, 3.8) is 0 Å². The molecule has 0 radical (unpaired) electrons. The van der Waals surface area contributed by atoms with Crippen molar-refractivity contribution in [1.82, 2.24) is 10.6 Å². The lowest BCUT2D eigenvalue weighted by Crippen LogP contribution is -2.47. The minimum absolute atomic E-state index is 0.0880. The number of rotatable bonds is 4. The molecule has 0 aromatic heterocycles. The summed E-state index contributed by atoms with van der Waals surface area (Å²) in [6.07, 6.45) is 5.35. The van der Waals surface area contributed by atoms with E-state index in [4.69, 9.17) is 0 Å². The molecule has 0 bridgehead atoms. The number of hydrogen-bond acceptors (Lipinski definition) is 4. The summed E-state index contributed by atoms with van der Waals surface area (Å²) in [5, 5.41) is 5.73. The summed E-state index contributed by atoms with van der Waals surface area (Å²) < 4.78 is 24.0. The lowest BCUT2D eigenvalue weighted by Gasteiger charge is -2.24. The molecule has 0 aromatic carbocycles. The van der Waals surface area contributed by atoms with E-state index in [1.54, 1.807) is 0 Å². The zero-order valence-electron chi connectivity index (χ0n) is 10.7. The van der Waals surface area contributed by atoms with Gasteiger partial charge in [-0.1, -0.05) is 12.8 Å². The molecule has 2 fully saturated rings. The van der Waals surface area contributed by atoms with Crippen molar-refractivity contribution in [3.05, 3.63) is 0 Å². The lowest BCUT2D eigenvalue weighted by atomic mass is 10.1. The molecule has 18 heavy (non-hydrogen) atoms. The fourth-order valence-corrected chi connectivity index (χ4v) is 4.53. The van der Waals surface area contributed by atoms with Crippen LogP contribution >= 0.6 is 0 Å². The number of carbonyl (C=O) groups excluding carboxylic acids is 1. The first-order chi connectivity index (χ1) is 8.58. The molecular formula is C12H22N2O3S. The average molecular weight is 274 g/mol. The molecule has 5 nitrogen and oxygen atoms in total. The van der Waals surface area contributed by atoms with Gasteiger partial charge in [0.1, 0.15) is 5.75 Å². The molecule has 0 aromatic rings. The van der Waals surface area contributed by atoms with Crippen LogP contribution in [0.2, 0.25) is 0 Å². The molecule has 1 aliphatic carbocycles. The second-order valence-electron chi connectivity index (χ2n) is 5.32. The second-order valence-corrected chi connectivity index (χ2v) is 7.61. The van der Waals surface area contributed by atoms with Crippen LogP contribution in [0.3, 0.4) is 0 Å². The molecule has 0 unspecified atom stereocenters. The summed E-state index contributed by atoms with van der Waals surface area (Å²) in [5.41, 5.74) is 0. The third-order valence-electron chi connectivity index (χ3n) is 3.80. The highest BCUT2D eigenvalue weighted by Crippen LogP contribution is 2.25. The molecule has 1 saturated carbocycles. The van der Waals surface area contributed by atoms with E-state index in [2.05, 4.69) is 10.6 Å². The zero-order chi connectivity index (χ0) is 13.0. The molecule has 0 spiro atoms. The number of amides is 1. The summed E-state index contributed by atoms with van der Waals surface area (Å²) in [4.78, 5) is 11.8. The minimum atomic E-state index is -3.24. The predicted molar refractivity (Wildman–Crippen MR) is 70.1 cm³/mol. The van der Waals surface area contributed by atoms with E-state index in [0.29, 0.717) is 0 Å². The minimum Gasteiger partial charge on any atom is -0.351 e. The third kappa shape index (κ3) is 3.68. The Balaban J connectivity index is 1.82. The van der Waals surface area contributed by atoms with Crippen molar-refractivity contribution in [2.45, 2.75) is 49.8 Å². The zero-order valence-corrected chi connectivity index (χ0v) is 11.5. The van der Waals surface area contributed by atoms with Gasteiger partial charge < -0.3 is 10.6 Å². The van der Waals surface area contributed by atoms with E-state index in [1.807, 2.05) is 0 Å². The molecule has 1 amide bonds. The van der Waals surface area contributed by atoms with E-state index in [9.17, 15) is 13.2 Å². The summed E-state index contributed by atoms with van der Waals surface area (Å²) in [5.74, 6) is -0.677. The molecule has 1 heterocycles. The normalized spacial score (nSPS) is 26.1. The van der Waals surface area contributed by atoms with Crippen LogP contribution in [0.15, 0.2) is 0 Å². The molecule has 2 rings (SSSR count). The Hall–Kier alpha value is -0.620. The molecule has 1 atom stereocenters. The highest BCUT2D eigenvalue weighted by Gasteiger charge is 2.31. The number of nitrogens with one attached hydrogen (secondary N) is 2. The maximum Gasteiger partial charge on any atom is 0.235 e. The summed E-state index contributed by atoms with van der Waals surface area (Å²) in [6.45, 7) is 1.72. The highest BCUT2D eigenvalue weighted by atomic mass is 32.2. The summed E-state index contributed by atoms with van der Waals surface area (Å²) >= 11 is 0. The fraction of sp³-hybridized carbons (Fsp3) is 0.917. The van der Waals surface area contributed by atoms with E-state index in [-0.39, 0.29) is 23.0 Å². The SMILES string of the molecule is O=C(CS(=O)(=O)C1CCCC1)N[C@H]1CCCNC1. The average Bonchev–Trinajstić information content (AvgIpc) is 2.83. The molecule has 2 N–H and O–H groups in total. The smallest absolute Gasteiger partial charge is 0.235 e. The standard InChI is InChI=1S/C12H22N2O3S/c15-12(14-10-4-3-7-13-8-10)9-18(16,17)11-5-1-2-6-11/h10-11,13H,1-9H2,(H,14,15)/t10-/m0/s1. The van der Waals surface area contributed by atoms with Crippen LogP contribution in [0, 0.1) is 0 Å². The van der Waals surface area contributed by atoms with Crippen LogP contribution in [0.1, 0.15) is 38.5 Å². The van der Waals surface area contributed by atoms with Crippen molar-refractivity contribution in [2.75, 3.05) is 18.8 Å². The first kappa shape index (κ1) is 13.8. The van der Waals surface area contributed by atoms with Gasteiger partial charge in [-0.25, -0.2) is 8.42 Å². The van der Waals surface area contributed by atoms with Crippen LogP contribution in [0.25, 0.3) is 0 Å². The maximum atomic E-state index is 12.0. The Bertz CT molecular complexity index is 382. The van der Waals surface area contributed by atoms with E-state index in [1.165, 1.54) is 0 Å². The van der Waals surface area contributed by atoms with Crippen molar-refractivity contribution in [3.8, 4) is 0 Å². The maximum absolute atomic E-state index is 12.0. The Morgan fingerprint density at radius 3 is 2.50 bits per heavy atom. The molecule has 104 valence electrons. The van der Waals surface area contributed by atoms with Crippen molar-refractivity contribution in [2.24, 2.45) is 0 Å². The Kier molecular flexibility index (Phi) is 4.61. The number of hydrogen-bond donors (Lipinski definition) is 2. The van der Waals surface area contributed by atoms with Crippen LogP contribution in [-0.4, -0.2) is 44.5 Å². The van der Waals surface area contributed by atoms with Gasteiger partial charge in [-0.05, 0) is 32.2 Å². The highest BCUT2D eigenvalue weighted by molar-refractivity contribution is 7.92. The van der Waals surface area contributed by atoms with Crippen LogP contribution < -0.4 is 10.6 Å². The third-order valence-corrected chi connectivity index (χ3v) is 5.96. The van der Waals surface area contributed by atoms with E-state index < -0.39 is 9.84 Å². The van der Waals surface area contributed by atoms with Gasteiger partial charge >= 0.3 is 0 Å². The predicted octanol–water partition coefficient (Wildman–Crippen LogP) is 0.212. The molecular weight excluding hydrogens is 252 g/mol. The van der Waals surface area contributed by atoms with Crippen LogP contribution in [0.4, 0.5) is 0 Å². The van der Waals surface area contributed by atoms with Gasteiger partial charge in [-0.15, -0.1) is 0 Å². The van der Waals surface area contributed by atoms with Gasteiger partial charge in [-0.2, -0.15) is 0 Å². The van der Waals surface area contributed by atoms with Gasteiger partial charge in [0, 0.05) is 12.6 Å². The van der Waals surface area contributed by atoms with Crippen molar-refractivity contribution in [1.29, 1.82) is 0 Å². The first-order valence-electron chi connectivity index (χ1n) is 6.79. The molecule has 1 saturated heterocycles. The second kappa shape index (κ2) is 6.02. The summed E-state index contributed by atoms with van der Waals surface area (Å²) in [6, 6.07) is 0.0880. The van der Waals surface area contributed by atoms with Crippen LogP contribution in [-0.2, 0) is 14.6 Å². The van der Waals surface area contributed by atoms with Crippen molar-refractivity contribution >= 4 is 15.7 Å². The van der Waals surface area contributed by atoms with Gasteiger partial charge in [-0.3, -0.25) is 4.79 Å². The van der Waals surface area contributed by atoms with Gasteiger partial charge in [0.2, 0.25) is 5.91 Å². The molecule has 2 aliphatic rings. The molecule has 1 aliphatic heterocycles. The lowest BCUT2D eigenvalue weighted by molar-refractivity contribution is -0.119. The monoisotopic (exact) mass is 274 g/mol. The Morgan fingerprint density at radius 2 is 1.89 bits per heavy atom. The quantitative estimate of drug-likeness (QED) is 0.768. The largest absolute Gasteiger partial charge is 0.351 e. The first-order valence-corrected chi connectivity index (χ1v) is 8.51. The topological polar surface area (TPSA) is 75.3 Å². The van der Waals surface area contributed by atoms with E-state index in [0.717, 1.165) is 51.6 Å². The van der Waals surface area contributed by atoms with E-state index >= 15 is 0 Å². The van der Waals surface area contributed by atoms with Gasteiger partial charge in [0.25, 0.3) is 0 Å². The number of carbonyl (C=O) groups is 1. The Morgan fingerprint density at radius 1 is 1.17 bits per heavy atom. The van der Waals surface area contributed by atoms with Crippen molar-refractivity contribution < 1.29 is 13.2 Å². The Labute approximate surface area is 109 Å². The molecule has 6 heteroatoms.